The number of nitrogens with zero attached hydrogens (tertiary/aromatic N) is 1. The molecule has 0 saturated heterocycles. The zero-order chi connectivity index (χ0) is 26.5. The van der Waals surface area contributed by atoms with Gasteiger partial charge in [0.05, 0.1) is 12.6 Å². The van der Waals surface area contributed by atoms with Gasteiger partial charge in [-0.25, -0.2) is 0 Å². The summed E-state index contributed by atoms with van der Waals surface area (Å²) in [6, 6.07) is 26.0. The van der Waals surface area contributed by atoms with Gasteiger partial charge in [0.15, 0.2) is 8.32 Å². The molecule has 1 unspecified atom stereocenters. The molecule has 0 fully saturated rings. The van der Waals surface area contributed by atoms with Crippen molar-refractivity contribution in [1.29, 1.82) is 0 Å². The van der Waals surface area contributed by atoms with Crippen molar-refractivity contribution < 1.29 is 14.0 Å². The Kier molecular flexibility index (Phi) is 8.40. The molecule has 5 nitrogen and oxygen atoms in total. The van der Waals surface area contributed by atoms with Crippen LogP contribution in [0.2, 0.25) is 18.1 Å². The zero-order valence-electron chi connectivity index (χ0n) is 22.8. The van der Waals surface area contributed by atoms with Gasteiger partial charge in [0.1, 0.15) is 12.4 Å². The van der Waals surface area contributed by atoms with Gasteiger partial charge in [-0.3, -0.25) is 4.79 Å². The van der Waals surface area contributed by atoms with E-state index in [1.165, 1.54) is 5.56 Å². The summed E-state index contributed by atoms with van der Waals surface area (Å²) < 4.78 is 12.7. The molecule has 0 radical (unpaired) electrons. The summed E-state index contributed by atoms with van der Waals surface area (Å²) in [6.45, 7) is 13.1. The Bertz CT molecular complexity index is 1170. The number of carbonyl (C=O) groups excluding carboxylic acids is 1. The first kappa shape index (κ1) is 27.0. The Morgan fingerprint density at radius 2 is 1.65 bits per heavy atom. The fraction of sp³-hybridized carbons (Fsp3) is 0.387. The lowest BCUT2D eigenvalue weighted by Crippen LogP contribution is -2.41. The first-order chi connectivity index (χ1) is 17.6. The molecule has 1 amide bonds. The first-order valence-electron chi connectivity index (χ1n) is 13.2. The summed E-state index contributed by atoms with van der Waals surface area (Å²) in [4.78, 5) is 15.2. The zero-order valence-corrected chi connectivity index (χ0v) is 23.8. The van der Waals surface area contributed by atoms with Gasteiger partial charge in [0.25, 0.3) is 0 Å². The van der Waals surface area contributed by atoms with Crippen molar-refractivity contribution in [3.63, 3.8) is 0 Å². The summed E-state index contributed by atoms with van der Waals surface area (Å²) in [5.74, 6) is 0.743. The van der Waals surface area contributed by atoms with Crippen LogP contribution in [0.1, 0.15) is 50.8 Å². The topological polar surface area (TPSA) is 50.8 Å². The maximum Gasteiger partial charge on any atom is 0.243 e. The molecule has 0 bridgehead atoms. The van der Waals surface area contributed by atoms with Crippen molar-refractivity contribution in [2.75, 3.05) is 23.3 Å². The second-order valence-corrected chi connectivity index (χ2v) is 16.1. The van der Waals surface area contributed by atoms with E-state index in [0.717, 1.165) is 42.1 Å². The fourth-order valence-corrected chi connectivity index (χ4v) is 5.67. The smallest absolute Gasteiger partial charge is 0.243 e. The van der Waals surface area contributed by atoms with Crippen LogP contribution >= 0.6 is 0 Å². The number of amides is 1. The van der Waals surface area contributed by atoms with Crippen molar-refractivity contribution in [2.24, 2.45) is 0 Å². The highest BCUT2D eigenvalue weighted by molar-refractivity contribution is 6.74. The van der Waals surface area contributed by atoms with Crippen LogP contribution in [0, 0.1) is 0 Å². The molecule has 3 aromatic carbocycles. The minimum Gasteiger partial charge on any atom is -0.489 e. The van der Waals surface area contributed by atoms with Gasteiger partial charge in [-0.05, 0) is 66.9 Å². The lowest BCUT2D eigenvalue weighted by Gasteiger charge is -2.39. The lowest BCUT2D eigenvalue weighted by atomic mass is 10.0. The number of anilines is 2. The molecule has 37 heavy (non-hydrogen) atoms. The van der Waals surface area contributed by atoms with E-state index < -0.39 is 8.32 Å². The molecule has 1 N–H and O–H groups in total. The van der Waals surface area contributed by atoms with Crippen molar-refractivity contribution in [3.05, 3.63) is 90.0 Å². The largest absolute Gasteiger partial charge is 0.489 e. The van der Waals surface area contributed by atoms with Gasteiger partial charge < -0.3 is 19.4 Å². The highest BCUT2D eigenvalue weighted by atomic mass is 28.4. The van der Waals surface area contributed by atoms with E-state index in [4.69, 9.17) is 9.16 Å². The van der Waals surface area contributed by atoms with Crippen LogP contribution < -0.4 is 15.0 Å². The monoisotopic (exact) mass is 516 g/mol. The summed E-state index contributed by atoms with van der Waals surface area (Å²) in [7, 11) is -1.93. The highest BCUT2D eigenvalue weighted by Crippen LogP contribution is 2.43. The molecule has 1 aliphatic rings. The number of rotatable bonds is 8. The number of nitrogens with one attached hydrogen (secondary N) is 1. The number of benzene rings is 3. The van der Waals surface area contributed by atoms with Gasteiger partial charge in [-0.15, -0.1) is 0 Å². The predicted molar refractivity (Wildman–Crippen MR) is 155 cm³/mol. The van der Waals surface area contributed by atoms with E-state index in [1.807, 2.05) is 60.7 Å². The molecule has 196 valence electrons. The van der Waals surface area contributed by atoms with Crippen LogP contribution in [-0.4, -0.2) is 27.3 Å². The quantitative estimate of drug-likeness (QED) is 0.314. The molecule has 3 aromatic rings. The average molecular weight is 517 g/mol. The Morgan fingerprint density at radius 3 is 2.35 bits per heavy atom. The third kappa shape index (κ3) is 7.02. The summed E-state index contributed by atoms with van der Waals surface area (Å²) in [5, 5.41) is 3.20. The molecule has 0 saturated carbocycles. The number of fused-ring (bicyclic) bond motifs is 1. The Hall–Kier alpha value is -3.09. The van der Waals surface area contributed by atoms with E-state index in [2.05, 4.69) is 62.3 Å². The van der Waals surface area contributed by atoms with E-state index in [-0.39, 0.29) is 17.0 Å². The number of hydrogen-bond donors (Lipinski definition) is 1. The predicted octanol–water partition coefficient (Wildman–Crippen LogP) is 7.57. The van der Waals surface area contributed by atoms with Gasteiger partial charge in [0, 0.05) is 23.5 Å². The van der Waals surface area contributed by atoms with Crippen LogP contribution in [0.15, 0.2) is 78.9 Å². The highest BCUT2D eigenvalue weighted by Gasteiger charge is 2.40. The standard InChI is InChI=1S/C31H40N2O3Si/c1-31(2,3)37(4,5)36-29-16-11-21-33(28-15-10-9-14-27(28)29)22-30(34)32-25-17-19-26(20-18-25)35-23-24-12-7-6-8-13-24/h6-10,12-15,17-20,29H,11,16,21-23H2,1-5H3,(H,32,34). The number of ether oxygens (including phenoxy) is 1. The van der Waals surface area contributed by atoms with Gasteiger partial charge in [-0.2, -0.15) is 0 Å². The second kappa shape index (κ2) is 11.5. The summed E-state index contributed by atoms with van der Waals surface area (Å²) >= 11 is 0. The first-order valence-corrected chi connectivity index (χ1v) is 16.1. The van der Waals surface area contributed by atoms with Gasteiger partial charge in [-0.1, -0.05) is 69.3 Å². The number of para-hydroxylation sites is 1. The van der Waals surface area contributed by atoms with E-state index in [0.29, 0.717) is 13.2 Å². The van der Waals surface area contributed by atoms with Crippen molar-refractivity contribution >= 4 is 25.6 Å². The molecule has 0 aromatic heterocycles. The third-order valence-electron chi connectivity index (χ3n) is 7.48. The van der Waals surface area contributed by atoms with Crippen LogP contribution in [0.25, 0.3) is 0 Å². The Labute approximate surface area is 222 Å². The van der Waals surface area contributed by atoms with Crippen molar-refractivity contribution in [1.82, 2.24) is 0 Å². The van der Waals surface area contributed by atoms with Gasteiger partial charge >= 0.3 is 0 Å². The minimum atomic E-state index is -1.93. The number of hydrogen-bond acceptors (Lipinski definition) is 4. The summed E-state index contributed by atoms with van der Waals surface area (Å²) in [6.07, 6.45) is 2.01. The molecule has 1 aliphatic heterocycles. The van der Waals surface area contributed by atoms with E-state index in [1.54, 1.807) is 0 Å². The van der Waals surface area contributed by atoms with Crippen LogP contribution in [0.4, 0.5) is 11.4 Å². The SMILES string of the molecule is CC(C)(C)[Si](C)(C)OC1CCCN(CC(=O)Nc2ccc(OCc3ccccc3)cc2)c2ccccc21. The molecule has 4 rings (SSSR count). The normalized spacial score (nSPS) is 16.0. The molecular weight excluding hydrogens is 476 g/mol. The molecule has 1 heterocycles. The maximum atomic E-state index is 13.0. The average Bonchev–Trinajstić information content (AvgIpc) is 3.03. The van der Waals surface area contributed by atoms with Crippen molar-refractivity contribution in [3.8, 4) is 5.75 Å². The molecule has 1 atom stereocenters. The molecule has 0 spiro atoms. The van der Waals surface area contributed by atoms with Gasteiger partial charge in [0.2, 0.25) is 5.91 Å². The Morgan fingerprint density at radius 1 is 0.973 bits per heavy atom. The van der Waals surface area contributed by atoms with Crippen LogP contribution in [-0.2, 0) is 15.8 Å². The maximum absolute atomic E-state index is 13.0. The second-order valence-electron chi connectivity index (χ2n) is 11.3. The van der Waals surface area contributed by atoms with E-state index in [9.17, 15) is 4.79 Å². The molecule has 0 aliphatic carbocycles. The van der Waals surface area contributed by atoms with Crippen molar-refractivity contribution in [2.45, 2.75) is 64.5 Å². The molecular formula is C31H40N2O3Si. The molecule has 6 heteroatoms. The third-order valence-corrected chi connectivity index (χ3v) is 12.0. The summed E-state index contributed by atoms with van der Waals surface area (Å²) in [5.41, 5.74) is 4.18. The van der Waals surface area contributed by atoms with Crippen LogP contribution in [0.5, 0.6) is 5.75 Å². The lowest BCUT2D eigenvalue weighted by molar-refractivity contribution is -0.115. The van der Waals surface area contributed by atoms with Crippen LogP contribution in [0.3, 0.4) is 0 Å². The number of carbonyl (C=O) groups is 1. The minimum absolute atomic E-state index is 0.0310. The Balaban J connectivity index is 1.39. The van der Waals surface area contributed by atoms with E-state index >= 15 is 0 Å². The fourth-order valence-electron chi connectivity index (χ4n) is 4.36.